The number of hydrogen-bond acceptors (Lipinski definition) is 4. The zero-order chi connectivity index (χ0) is 18.4. The number of benzene rings is 1. The van der Waals surface area contributed by atoms with Gasteiger partial charge in [0, 0.05) is 42.8 Å². The van der Waals surface area contributed by atoms with Gasteiger partial charge in [0.1, 0.15) is 0 Å². The second-order valence-electron chi connectivity index (χ2n) is 5.97. The van der Waals surface area contributed by atoms with Crippen molar-refractivity contribution in [3.05, 3.63) is 72.3 Å². The molecule has 2 heterocycles. The summed E-state index contributed by atoms with van der Waals surface area (Å²) in [5.74, 6) is -0.00564. The summed E-state index contributed by atoms with van der Waals surface area (Å²) >= 11 is 0. The van der Waals surface area contributed by atoms with Crippen molar-refractivity contribution in [1.82, 2.24) is 19.7 Å². The van der Waals surface area contributed by atoms with Crippen LogP contribution in [0.4, 0.5) is 0 Å². The summed E-state index contributed by atoms with van der Waals surface area (Å²) < 4.78 is 1.69. The van der Waals surface area contributed by atoms with Crippen molar-refractivity contribution >= 4 is 5.91 Å². The van der Waals surface area contributed by atoms with Crippen molar-refractivity contribution in [2.24, 2.45) is 0 Å². The summed E-state index contributed by atoms with van der Waals surface area (Å²) in [5, 5.41) is 13.2. The van der Waals surface area contributed by atoms with Gasteiger partial charge < -0.3 is 10.0 Å². The van der Waals surface area contributed by atoms with E-state index in [-0.39, 0.29) is 12.5 Å². The fourth-order valence-corrected chi connectivity index (χ4v) is 2.79. The van der Waals surface area contributed by atoms with E-state index in [1.165, 1.54) is 0 Å². The van der Waals surface area contributed by atoms with Crippen LogP contribution in [-0.2, 0) is 13.1 Å². The lowest BCUT2D eigenvalue weighted by atomic mass is 10.1. The van der Waals surface area contributed by atoms with Crippen molar-refractivity contribution in [1.29, 1.82) is 0 Å². The van der Waals surface area contributed by atoms with E-state index >= 15 is 0 Å². The third kappa shape index (κ3) is 4.15. The first-order chi connectivity index (χ1) is 12.7. The molecule has 6 heteroatoms. The first-order valence-electron chi connectivity index (χ1n) is 8.63. The van der Waals surface area contributed by atoms with Crippen molar-refractivity contribution < 1.29 is 9.90 Å². The van der Waals surface area contributed by atoms with Crippen LogP contribution in [0.25, 0.3) is 11.1 Å². The Labute approximate surface area is 152 Å². The standard InChI is InChI=1S/C20H22N4O2/c1-2-23(14-16-6-8-21-9-7-16)20(26)18-5-3-4-17(12-18)19-13-22-24(15-19)10-11-25/h3-9,12-13,15,25H,2,10-11,14H2,1H3. The molecule has 1 aromatic carbocycles. The largest absolute Gasteiger partial charge is 0.394 e. The van der Waals surface area contributed by atoms with Gasteiger partial charge in [0.25, 0.3) is 5.91 Å². The zero-order valence-corrected chi connectivity index (χ0v) is 14.7. The molecule has 0 aliphatic rings. The Morgan fingerprint density at radius 2 is 2.00 bits per heavy atom. The zero-order valence-electron chi connectivity index (χ0n) is 14.7. The number of aliphatic hydroxyl groups excluding tert-OH is 1. The monoisotopic (exact) mass is 350 g/mol. The number of pyridine rings is 1. The van der Waals surface area contributed by atoms with Crippen LogP contribution in [-0.4, -0.2) is 43.8 Å². The highest BCUT2D eigenvalue weighted by atomic mass is 16.3. The number of carbonyl (C=O) groups is 1. The van der Waals surface area contributed by atoms with Gasteiger partial charge in [-0.2, -0.15) is 5.10 Å². The minimum atomic E-state index is -0.00564. The first kappa shape index (κ1) is 17.8. The van der Waals surface area contributed by atoms with E-state index in [1.807, 2.05) is 54.4 Å². The van der Waals surface area contributed by atoms with Gasteiger partial charge in [-0.15, -0.1) is 0 Å². The predicted molar refractivity (Wildman–Crippen MR) is 99.4 cm³/mol. The summed E-state index contributed by atoms with van der Waals surface area (Å²) in [4.78, 5) is 18.8. The molecule has 3 aromatic rings. The molecule has 0 spiro atoms. The van der Waals surface area contributed by atoms with Gasteiger partial charge in [-0.05, 0) is 42.3 Å². The Kier molecular flexibility index (Phi) is 5.76. The highest BCUT2D eigenvalue weighted by Gasteiger charge is 2.15. The van der Waals surface area contributed by atoms with Gasteiger partial charge in [0.15, 0.2) is 0 Å². The van der Waals surface area contributed by atoms with Crippen LogP contribution in [0.1, 0.15) is 22.8 Å². The SMILES string of the molecule is CCN(Cc1ccncc1)C(=O)c1cccc(-c2cnn(CCO)c2)c1. The summed E-state index contributed by atoms with van der Waals surface area (Å²) in [5.41, 5.74) is 3.55. The summed E-state index contributed by atoms with van der Waals surface area (Å²) in [6.07, 6.45) is 7.08. The van der Waals surface area contributed by atoms with Gasteiger partial charge in [0.2, 0.25) is 0 Å². The molecule has 1 N–H and O–H groups in total. The Balaban J connectivity index is 1.80. The topological polar surface area (TPSA) is 71.2 Å². The number of nitrogens with zero attached hydrogens (tertiary/aromatic N) is 4. The van der Waals surface area contributed by atoms with Gasteiger partial charge >= 0.3 is 0 Å². The molecule has 0 saturated heterocycles. The highest BCUT2D eigenvalue weighted by molar-refractivity contribution is 5.95. The van der Waals surface area contributed by atoms with E-state index in [1.54, 1.807) is 23.3 Å². The highest BCUT2D eigenvalue weighted by Crippen LogP contribution is 2.21. The van der Waals surface area contributed by atoms with Gasteiger partial charge in [0.05, 0.1) is 19.3 Å². The Bertz CT molecular complexity index is 861. The molecule has 3 rings (SSSR count). The molecule has 0 aliphatic heterocycles. The van der Waals surface area contributed by atoms with Crippen LogP contribution in [0.5, 0.6) is 0 Å². The normalized spacial score (nSPS) is 10.7. The Morgan fingerprint density at radius 3 is 2.73 bits per heavy atom. The molecule has 6 nitrogen and oxygen atoms in total. The molecule has 0 atom stereocenters. The third-order valence-corrected chi connectivity index (χ3v) is 4.20. The van der Waals surface area contributed by atoms with Crippen molar-refractivity contribution in [3.8, 4) is 11.1 Å². The molecule has 134 valence electrons. The van der Waals surface area contributed by atoms with E-state index < -0.39 is 0 Å². The third-order valence-electron chi connectivity index (χ3n) is 4.20. The molecule has 0 radical (unpaired) electrons. The van der Waals surface area contributed by atoms with E-state index in [0.717, 1.165) is 16.7 Å². The van der Waals surface area contributed by atoms with Crippen molar-refractivity contribution in [2.75, 3.05) is 13.2 Å². The number of aromatic nitrogens is 3. The van der Waals surface area contributed by atoms with Gasteiger partial charge in [-0.25, -0.2) is 0 Å². The molecule has 0 saturated carbocycles. The summed E-state index contributed by atoms with van der Waals surface area (Å²) in [6.45, 7) is 3.65. The molecule has 0 bridgehead atoms. The molecule has 0 fully saturated rings. The van der Waals surface area contributed by atoms with E-state index in [2.05, 4.69) is 10.1 Å². The molecule has 0 unspecified atom stereocenters. The first-order valence-corrected chi connectivity index (χ1v) is 8.63. The lowest BCUT2D eigenvalue weighted by molar-refractivity contribution is 0.0752. The van der Waals surface area contributed by atoms with Gasteiger partial charge in [-0.3, -0.25) is 14.5 Å². The molecule has 0 aliphatic carbocycles. The fourth-order valence-electron chi connectivity index (χ4n) is 2.79. The lowest BCUT2D eigenvalue weighted by Gasteiger charge is -2.21. The lowest BCUT2D eigenvalue weighted by Crippen LogP contribution is -2.30. The number of amides is 1. The maximum absolute atomic E-state index is 12.9. The smallest absolute Gasteiger partial charge is 0.254 e. The maximum Gasteiger partial charge on any atom is 0.254 e. The van der Waals surface area contributed by atoms with Crippen LogP contribution < -0.4 is 0 Å². The van der Waals surface area contributed by atoms with E-state index in [0.29, 0.717) is 25.2 Å². The Morgan fingerprint density at radius 1 is 1.19 bits per heavy atom. The van der Waals surface area contributed by atoms with Crippen LogP contribution in [0.15, 0.2) is 61.2 Å². The van der Waals surface area contributed by atoms with Crippen LogP contribution >= 0.6 is 0 Å². The number of rotatable bonds is 7. The fraction of sp³-hybridized carbons (Fsp3) is 0.250. The van der Waals surface area contributed by atoms with Crippen molar-refractivity contribution in [3.63, 3.8) is 0 Å². The minimum absolute atomic E-state index is 0.00564. The van der Waals surface area contributed by atoms with Gasteiger partial charge in [-0.1, -0.05) is 12.1 Å². The second-order valence-corrected chi connectivity index (χ2v) is 5.97. The number of aliphatic hydroxyl groups is 1. The minimum Gasteiger partial charge on any atom is -0.394 e. The van der Waals surface area contributed by atoms with Crippen LogP contribution in [0.2, 0.25) is 0 Å². The average Bonchev–Trinajstić information content (AvgIpc) is 3.15. The predicted octanol–water partition coefficient (Wildman–Crippen LogP) is 2.60. The summed E-state index contributed by atoms with van der Waals surface area (Å²) in [7, 11) is 0. The molecule has 1 amide bonds. The average molecular weight is 350 g/mol. The Hall–Kier alpha value is -2.99. The van der Waals surface area contributed by atoms with E-state index in [4.69, 9.17) is 5.11 Å². The van der Waals surface area contributed by atoms with Crippen LogP contribution in [0.3, 0.4) is 0 Å². The molecular weight excluding hydrogens is 328 g/mol. The summed E-state index contributed by atoms with van der Waals surface area (Å²) in [6, 6.07) is 11.4. The van der Waals surface area contributed by atoms with Crippen molar-refractivity contribution in [2.45, 2.75) is 20.0 Å². The quantitative estimate of drug-likeness (QED) is 0.711. The molecule has 26 heavy (non-hydrogen) atoms. The molecule has 2 aromatic heterocycles. The maximum atomic E-state index is 12.9. The molecular formula is C20H22N4O2. The number of hydrogen-bond donors (Lipinski definition) is 1. The number of carbonyl (C=O) groups excluding carboxylic acids is 1. The van der Waals surface area contributed by atoms with E-state index in [9.17, 15) is 4.79 Å². The van der Waals surface area contributed by atoms with Crippen LogP contribution in [0, 0.1) is 0 Å². The second kappa shape index (κ2) is 8.40.